The van der Waals surface area contributed by atoms with E-state index in [1.165, 1.54) is 19.4 Å². The van der Waals surface area contributed by atoms with Crippen LogP contribution in [0.15, 0.2) is 72.1 Å². The molecular weight excluding hydrogens is 506 g/mol. The van der Waals surface area contributed by atoms with E-state index in [-0.39, 0.29) is 0 Å². The van der Waals surface area contributed by atoms with Crippen molar-refractivity contribution in [2.75, 3.05) is 27.3 Å². The van der Waals surface area contributed by atoms with Crippen LogP contribution in [0.5, 0.6) is 0 Å². The zero-order valence-corrected chi connectivity index (χ0v) is 19.4. The van der Waals surface area contributed by atoms with Crippen LogP contribution in [0.25, 0.3) is 11.6 Å². The second kappa shape index (κ2) is 11.0. The standard InChI is InChI=1S/C23H27NO2.W/c1-5-25-18-22(23(24(3)4)26-6-2)21(20-15-11-8-12-16-20)17-19-13-9-7-10-14-19;/h7-17H,5-6H2,1-4H3;/b21-17-,23-22-;. The zero-order valence-electron chi connectivity index (χ0n) is 16.4. The van der Waals surface area contributed by atoms with Crippen LogP contribution in [-0.2, 0) is 28.8 Å². The van der Waals surface area contributed by atoms with Crippen molar-refractivity contribution in [2.45, 2.75) is 13.8 Å². The van der Waals surface area contributed by atoms with E-state index in [1.807, 2.05) is 45.0 Å². The third-order valence-corrected chi connectivity index (χ3v) is 5.00. The van der Waals surface area contributed by atoms with Gasteiger partial charge in [-0.05, 0) is 0 Å². The average molecular weight is 533 g/mol. The number of hydrogen-bond donors (Lipinski definition) is 0. The molecular formula is C23H27NO2W. The molecule has 0 fully saturated rings. The molecule has 0 N–H and O–H groups in total. The van der Waals surface area contributed by atoms with Crippen LogP contribution < -0.4 is 0 Å². The van der Waals surface area contributed by atoms with Crippen LogP contribution in [0.3, 0.4) is 0 Å². The van der Waals surface area contributed by atoms with Crippen molar-refractivity contribution in [3.63, 3.8) is 0 Å². The molecule has 0 unspecified atom stereocenters. The van der Waals surface area contributed by atoms with Gasteiger partial charge in [0.2, 0.25) is 0 Å². The fraction of sp³-hybridized carbons (Fsp3) is 0.261. The van der Waals surface area contributed by atoms with Gasteiger partial charge >= 0.3 is 174 Å². The van der Waals surface area contributed by atoms with Crippen LogP contribution in [0.4, 0.5) is 0 Å². The molecule has 2 rings (SSSR count). The number of benzene rings is 2. The van der Waals surface area contributed by atoms with E-state index >= 15 is 0 Å². The first-order chi connectivity index (χ1) is 13.1. The molecule has 0 aliphatic heterocycles. The molecule has 3 nitrogen and oxygen atoms in total. The number of rotatable bonds is 9. The summed E-state index contributed by atoms with van der Waals surface area (Å²) in [5.74, 6) is 0.821. The van der Waals surface area contributed by atoms with Crippen LogP contribution in [0, 0.1) is 0 Å². The molecule has 0 saturated carbocycles. The number of nitrogens with zero attached hydrogens (tertiary/aromatic N) is 1. The zero-order chi connectivity index (χ0) is 19.6. The van der Waals surface area contributed by atoms with E-state index in [2.05, 4.69) is 54.6 Å². The van der Waals surface area contributed by atoms with Gasteiger partial charge in [-0.25, -0.2) is 0 Å². The topological polar surface area (TPSA) is 21.7 Å². The third-order valence-electron chi connectivity index (χ3n) is 3.85. The Balaban J connectivity index is 2.75. The molecule has 0 bridgehead atoms. The molecule has 0 spiro atoms. The minimum atomic E-state index is 0.596. The van der Waals surface area contributed by atoms with Crippen molar-refractivity contribution in [1.82, 2.24) is 4.90 Å². The second-order valence-corrected chi connectivity index (χ2v) is 7.39. The van der Waals surface area contributed by atoms with Gasteiger partial charge in [0.1, 0.15) is 0 Å². The molecule has 0 aliphatic carbocycles. The van der Waals surface area contributed by atoms with Gasteiger partial charge in [-0.3, -0.25) is 0 Å². The van der Waals surface area contributed by atoms with E-state index in [4.69, 9.17) is 9.47 Å². The summed E-state index contributed by atoms with van der Waals surface area (Å²) in [4.78, 5) is 2.02. The van der Waals surface area contributed by atoms with Crippen molar-refractivity contribution in [2.24, 2.45) is 0 Å². The summed E-state index contributed by atoms with van der Waals surface area (Å²) in [6, 6.07) is 20.8. The molecule has 0 radical (unpaired) electrons. The predicted octanol–water partition coefficient (Wildman–Crippen LogP) is 4.75. The molecule has 2 aromatic carbocycles. The SMILES string of the molecule is CCO[C](=[W])C(/C(=C\c1ccccc1)c1ccccc1)=C(/OCC)N(C)C. The summed E-state index contributed by atoms with van der Waals surface area (Å²) in [7, 11) is 4.01. The third kappa shape index (κ3) is 6.02. The van der Waals surface area contributed by atoms with Crippen LogP contribution in [0.2, 0.25) is 0 Å². The van der Waals surface area contributed by atoms with Crippen LogP contribution >= 0.6 is 0 Å². The van der Waals surface area contributed by atoms with Gasteiger partial charge in [-0.1, -0.05) is 0 Å². The normalized spacial score (nSPS) is 12.4. The average Bonchev–Trinajstić information content (AvgIpc) is 2.68. The Morgan fingerprint density at radius 2 is 1.44 bits per heavy atom. The Labute approximate surface area is 173 Å². The van der Waals surface area contributed by atoms with E-state index in [0.717, 1.165) is 32.2 Å². The summed E-state index contributed by atoms with van der Waals surface area (Å²) in [6.07, 6.45) is 2.20. The predicted molar refractivity (Wildman–Crippen MR) is 110 cm³/mol. The van der Waals surface area contributed by atoms with Crippen LogP contribution in [0.1, 0.15) is 25.0 Å². The molecule has 4 heteroatoms. The first-order valence-corrected chi connectivity index (χ1v) is 10.6. The van der Waals surface area contributed by atoms with Crippen LogP contribution in [-0.4, -0.2) is 36.3 Å². The summed E-state index contributed by atoms with van der Waals surface area (Å²) in [5.41, 5.74) is 4.38. The van der Waals surface area contributed by atoms with Gasteiger partial charge in [0.15, 0.2) is 0 Å². The molecule has 0 saturated heterocycles. The summed E-state index contributed by atoms with van der Waals surface area (Å²) < 4.78 is 13.0. The van der Waals surface area contributed by atoms with Gasteiger partial charge < -0.3 is 0 Å². The fourth-order valence-electron chi connectivity index (χ4n) is 2.71. The van der Waals surface area contributed by atoms with Crippen molar-refractivity contribution in [3.8, 4) is 0 Å². The molecule has 0 heterocycles. The number of hydrogen-bond acceptors (Lipinski definition) is 3. The molecule has 0 aliphatic rings. The molecule has 142 valence electrons. The summed E-state index contributed by atoms with van der Waals surface area (Å²) in [5, 5.41) is 0. The monoisotopic (exact) mass is 533 g/mol. The molecule has 0 atom stereocenters. The molecule has 2 aromatic rings. The van der Waals surface area contributed by atoms with Crippen molar-refractivity contribution < 1.29 is 28.8 Å². The Morgan fingerprint density at radius 3 is 1.96 bits per heavy atom. The van der Waals surface area contributed by atoms with Gasteiger partial charge in [0, 0.05) is 0 Å². The Hall–Kier alpha value is -1.96. The van der Waals surface area contributed by atoms with Gasteiger partial charge in [0.25, 0.3) is 0 Å². The van der Waals surface area contributed by atoms with Gasteiger partial charge in [0.05, 0.1) is 0 Å². The van der Waals surface area contributed by atoms with E-state index in [9.17, 15) is 0 Å². The van der Waals surface area contributed by atoms with Crippen molar-refractivity contribution >= 4 is 15.7 Å². The Kier molecular flexibility index (Phi) is 8.70. The quantitative estimate of drug-likeness (QED) is 0.264. The number of ether oxygens (including phenoxy) is 2. The first kappa shape index (κ1) is 21.3. The first-order valence-electron chi connectivity index (χ1n) is 9.12. The van der Waals surface area contributed by atoms with Gasteiger partial charge in [-0.2, -0.15) is 0 Å². The summed E-state index contributed by atoms with van der Waals surface area (Å²) >= 11 is 1.27. The van der Waals surface area contributed by atoms with Crippen molar-refractivity contribution in [1.29, 1.82) is 0 Å². The van der Waals surface area contributed by atoms with Crippen molar-refractivity contribution in [3.05, 3.63) is 83.2 Å². The molecule has 0 aromatic heterocycles. The minimum absolute atomic E-state index is 0.596. The fourth-order valence-corrected chi connectivity index (χ4v) is 3.84. The Bertz CT molecular complexity index is 796. The second-order valence-electron chi connectivity index (χ2n) is 6.06. The van der Waals surface area contributed by atoms with E-state index < -0.39 is 0 Å². The molecule has 27 heavy (non-hydrogen) atoms. The molecule has 0 amide bonds. The van der Waals surface area contributed by atoms with E-state index in [0.29, 0.717) is 13.2 Å². The Morgan fingerprint density at radius 1 is 0.889 bits per heavy atom. The van der Waals surface area contributed by atoms with E-state index in [1.54, 1.807) is 0 Å². The summed E-state index contributed by atoms with van der Waals surface area (Å²) in [6.45, 7) is 5.24. The maximum atomic E-state index is 6.05. The maximum absolute atomic E-state index is 6.05. The van der Waals surface area contributed by atoms with Gasteiger partial charge in [-0.15, -0.1) is 0 Å².